The van der Waals surface area contributed by atoms with E-state index in [0.717, 1.165) is 25.0 Å². The molecule has 1 aromatic heterocycles. The first kappa shape index (κ1) is 21.4. The van der Waals surface area contributed by atoms with Crippen LogP contribution >= 0.6 is 0 Å². The normalized spacial score (nSPS) is 17.6. The van der Waals surface area contributed by atoms with Crippen molar-refractivity contribution in [2.45, 2.75) is 30.2 Å². The van der Waals surface area contributed by atoms with Gasteiger partial charge >= 0.3 is 0 Å². The number of hydrogen-bond donors (Lipinski definition) is 1. The van der Waals surface area contributed by atoms with Crippen molar-refractivity contribution in [2.75, 3.05) is 25.5 Å². The maximum atomic E-state index is 13.5. The molecule has 2 aromatic carbocycles. The van der Waals surface area contributed by atoms with Gasteiger partial charge in [-0.1, -0.05) is 12.5 Å². The predicted molar refractivity (Wildman–Crippen MR) is 112 cm³/mol. The van der Waals surface area contributed by atoms with E-state index >= 15 is 0 Å². The number of nitrogens with one attached hydrogen (secondary N) is 1. The monoisotopic (exact) mass is 448 g/mol. The molecule has 0 spiro atoms. The van der Waals surface area contributed by atoms with Crippen LogP contribution in [0, 0.1) is 11.6 Å². The van der Waals surface area contributed by atoms with Crippen LogP contribution in [0.15, 0.2) is 47.5 Å². The Bertz CT molecular complexity index is 1210. The number of hydrogen-bond acceptors (Lipinski definition) is 6. The van der Waals surface area contributed by atoms with Gasteiger partial charge < -0.3 is 10.1 Å². The van der Waals surface area contributed by atoms with Gasteiger partial charge in [-0.3, -0.25) is 4.98 Å². The summed E-state index contributed by atoms with van der Waals surface area (Å²) < 4.78 is 60.0. The molecular formula is C21H22F2N4O3S. The summed E-state index contributed by atoms with van der Waals surface area (Å²) in [6.45, 7) is 0.729. The van der Waals surface area contributed by atoms with Gasteiger partial charge in [-0.25, -0.2) is 22.2 Å². The summed E-state index contributed by atoms with van der Waals surface area (Å²) in [6, 6.07) is 8.11. The van der Waals surface area contributed by atoms with Crippen LogP contribution in [0.2, 0.25) is 0 Å². The fraction of sp³-hybridized carbons (Fsp3) is 0.333. The minimum absolute atomic E-state index is 0.182. The molecule has 1 N–H and O–H groups in total. The van der Waals surface area contributed by atoms with Crippen LogP contribution in [0.4, 0.5) is 14.6 Å². The van der Waals surface area contributed by atoms with E-state index in [1.165, 1.54) is 23.7 Å². The van der Waals surface area contributed by atoms with Crippen molar-refractivity contribution in [3.63, 3.8) is 0 Å². The number of nitrogens with zero attached hydrogens (tertiary/aromatic N) is 3. The zero-order valence-corrected chi connectivity index (χ0v) is 17.7. The quantitative estimate of drug-likeness (QED) is 0.621. The Morgan fingerprint density at radius 1 is 1.16 bits per heavy atom. The smallest absolute Gasteiger partial charge is 0.243 e. The van der Waals surface area contributed by atoms with Crippen molar-refractivity contribution < 1.29 is 21.9 Å². The van der Waals surface area contributed by atoms with E-state index in [1.807, 2.05) is 0 Å². The van der Waals surface area contributed by atoms with E-state index in [-0.39, 0.29) is 22.0 Å². The number of methoxy groups -OCH3 is 1. The first-order chi connectivity index (χ1) is 14.9. The lowest BCUT2D eigenvalue weighted by molar-refractivity contribution is 0.261. The second kappa shape index (κ2) is 8.72. The zero-order chi connectivity index (χ0) is 22.0. The summed E-state index contributed by atoms with van der Waals surface area (Å²) in [5.41, 5.74) is 0.456. The molecule has 0 bridgehead atoms. The lowest BCUT2D eigenvalue weighted by Crippen LogP contribution is -2.47. The molecular weight excluding hydrogens is 426 g/mol. The van der Waals surface area contributed by atoms with Gasteiger partial charge in [-0.15, -0.1) is 0 Å². The summed E-state index contributed by atoms with van der Waals surface area (Å²) in [6.07, 6.45) is 3.80. The molecule has 2 heterocycles. The average Bonchev–Trinajstić information content (AvgIpc) is 2.78. The summed E-state index contributed by atoms with van der Waals surface area (Å²) in [5, 5.41) is 3.10. The Morgan fingerprint density at radius 3 is 2.71 bits per heavy atom. The van der Waals surface area contributed by atoms with Crippen LogP contribution in [0.25, 0.3) is 11.0 Å². The number of benzene rings is 2. The SMILES string of the molecule is COc1cccc(S(=O)(=O)N2CCCCC2CNc2cnc3cc(F)c(F)cc3n2)c1. The molecule has 0 aliphatic carbocycles. The van der Waals surface area contributed by atoms with Crippen molar-refractivity contribution in [2.24, 2.45) is 0 Å². The molecule has 1 aliphatic rings. The van der Waals surface area contributed by atoms with E-state index in [4.69, 9.17) is 4.74 Å². The van der Waals surface area contributed by atoms with E-state index in [0.29, 0.717) is 31.1 Å². The van der Waals surface area contributed by atoms with E-state index in [2.05, 4.69) is 15.3 Å². The van der Waals surface area contributed by atoms with Crippen LogP contribution in [-0.2, 0) is 10.0 Å². The topological polar surface area (TPSA) is 84.4 Å². The van der Waals surface area contributed by atoms with Gasteiger partial charge in [-0.05, 0) is 25.0 Å². The molecule has 1 saturated heterocycles. The molecule has 7 nitrogen and oxygen atoms in total. The number of halogens is 2. The highest BCUT2D eigenvalue weighted by Gasteiger charge is 2.33. The molecule has 0 saturated carbocycles. The molecule has 0 amide bonds. The molecule has 1 fully saturated rings. The maximum Gasteiger partial charge on any atom is 0.243 e. The van der Waals surface area contributed by atoms with Gasteiger partial charge in [0, 0.05) is 37.3 Å². The van der Waals surface area contributed by atoms with Gasteiger partial charge in [-0.2, -0.15) is 4.31 Å². The Labute approximate surface area is 179 Å². The average molecular weight is 448 g/mol. The second-order valence-corrected chi connectivity index (χ2v) is 9.23. The number of fused-ring (bicyclic) bond motifs is 1. The summed E-state index contributed by atoms with van der Waals surface area (Å²) >= 11 is 0. The Morgan fingerprint density at radius 2 is 1.94 bits per heavy atom. The molecule has 1 aliphatic heterocycles. The van der Waals surface area contributed by atoms with Gasteiger partial charge in [0.25, 0.3) is 0 Å². The Kier molecular flexibility index (Phi) is 6.01. The molecule has 4 rings (SSSR count). The van der Waals surface area contributed by atoms with Crippen molar-refractivity contribution >= 4 is 26.9 Å². The van der Waals surface area contributed by atoms with E-state index in [9.17, 15) is 17.2 Å². The molecule has 1 atom stereocenters. The molecule has 3 aromatic rings. The number of rotatable bonds is 6. The Balaban J connectivity index is 1.54. The van der Waals surface area contributed by atoms with Crippen molar-refractivity contribution in [3.05, 3.63) is 54.2 Å². The molecule has 1 unspecified atom stereocenters. The first-order valence-electron chi connectivity index (χ1n) is 9.90. The van der Waals surface area contributed by atoms with Gasteiger partial charge in [0.15, 0.2) is 11.6 Å². The van der Waals surface area contributed by atoms with Crippen LogP contribution in [-0.4, -0.2) is 48.9 Å². The van der Waals surface area contributed by atoms with Crippen LogP contribution in [0.5, 0.6) is 5.75 Å². The minimum Gasteiger partial charge on any atom is -0.497 e. The molecule has 164 valence electrons. The van der Waals surface area contributed by atoms with Gasteiger partial charge in [0.05, 0.1) is 29.2 Å². The molecule has 31 heavy (non-hydrogen) atoms. The fourth-order valence-electron chi connectivity index (χ4n) is 3.71. The number of piperidine rings is 1. The third-order valence-corrected chi connectivity index (χ3v) is 7.27. The third kappa shape index (κ3) is 4.45. The second-order valence-electron chi connectivity index (χ2n) is 7.34. The van der Waals surface area contributed by atoms with Crippen molar-refractivity contribution in [1.82, 2.24) is 14.3 Å². The third-order valence-electron chi connectivity index (χ3n) is 5.32. The highest BCUT2D eigenvalue weighted by Crippen LogP contribution is 2.27. The van der Waals surface area contributed by atoms with Crippen LogP contribution in [0.1, 0.15) is 19.3 Å². The summed E-state index contributed by atoms with van der Waals surface area (Å²) in [5.74, 6) is -1.14. The minimum atomic E-state index is -3.71. The lowest BCUT2D eigenvalue weighted by atomic mass is 10.1. The number of anilines is 1. The molecule has 0 radical (unpaired) electrons. The highest BCUT2D eigenvalue weighted by atomic mass is 32.2. The van der Waals surface area contributed by atoms with Gasteiger partial charge in [0.2, 0.25) is 10.0 Å². The standard InChI is InChI=1S/C21H22F2N4O3S/c1-30-15-6-4-7-16(9-15)31(28,29)27-8-3-2-5-14(27)12-25-21-13-24-19-10-17(22)18(23)11-20(19)26-21/h4,6-7,9-11,13-14H,2-3,5,8,12H2,1H3,(H,25,26). The van der Waals surface area contributed by atoms with E-state index in [1.54, 1.807) is 18.2 Å². The van der Waals surface area contributed by atoms with Gasteiger partial charge in [0.1, 0.15) is 11.6 Å². The van der Waals surface area contributed by atoms with Crippen molar-refractivity contribution in [3.8, 4) is 5.75 Å². The lowest BCUT2D eigenvalue weighted by Gasteiger charge is -2.34. The maximum absolute atomic E-state index is 13.5. The summed E-state index contributed by atoms with van der Waals surface area (Å²) in [4.78, 5) is 8.55. The number of ether oxygens (including phenoxy) is 1. The van der Waals surface area contributed by atoms with Crippen LogP contribution < -0.4 is 10.1 Å². The van der Waals surface area contributed by atoms with Crippen molar-refractivity contribution in [1.29, 1.82) is 0 Å². The van der Waals surface area contributed by atoms with Crippen LogP contribution in [0.3, 0.4) is 0 Å². The largest absolute Gasteiger partial charge is 0.497 e. The highest BCUT2D eigenvalue weighted by molar-refractivity contribution is 7.89. The fourth-order valence-corrected chi connectivity index (χ4v) is 5.44. The number of sulfonamides is 1. The molecule has 10 heteroatoms. The Hall–Kier alpha value is -2.85. The first-order valence-corrected chi connectivity index (χ1v) is 11.3. The zero-order valence-electron chi connectivity index (χ0n) is 16.9. The predicted octanol–water partition coefficient (Wildman–Crippen LogP) is 3.57. The van der Waals surface area contributed by atoms with E-state index < -0.39 is 21.7 Å². The summed E-state index contributed by atoms with van der Waals surface area (Å²) in [7, 11) is -2.22. The number of aromatic nitrogens is 2.